The van der Waals surface area contributed by atoms with Crippen LogP contribution in [0.5, 0.6) is 0 Å². The third kappa shape index (κ3) is 3.98. The Bertz CT molecular complexity index is 327. The van der Waals surface area contributed by atoms with Crippen molar-refractivity contribution in [2.45, 2.75) is 64.3 Å². The molecule has 1 saturated heterocycles. The van der Waals surface area contributed by atoms with E-state index in [1.165, 1.54) is 19.3 Å². The Labute approximate surface area is 129 Å². The molecule has 1 aliphatic heterocycles. The van der Waals surface area contributed by atoms with E-state index in [1.54, 1.807) is 0 Å². The minimum Gasteiger partial charge on any atom is -0.465 e. The molecule has 4 nitrogen and oxygen atoms in total. The molecule has 1 aliphatic carbocycles. The summed E-state index contributed by atoms with van der Waals surface area (Å²) < 4.78 is 5.50. The number of nitrogens with zero attached hydrogens (tertiary/aromatic N) is 1. The quantitative estimate of drug-likeness (QED) is 0.639. The van der Waals surface area contributed by atoms with Crippen LogP contribution in [0.1, 0.15) is 58.8 Å². The van der Waals surface area contributed by atoms with Gasteiger partial charge in [0.15, 0.2) is 0 Å². The average molecular weight is 296 g/mol. The minimum absolute atomic E-state index is 0.0312. The summed E-state index contributed by atoms with van der Waals surface area (Å²) in [5.74, 6) is 0.815. The topological polar surface area (TPSA) is 41.6 Å². The molecule has 1 N–H and O–H groups in total. The first-order valence-corrected chi connectivity index (χ1v) is 8.86. The average Bonchev–Trinajstić information content (AvgIpc) is 2.88. The summed E-state index contributed by atoms with van der Waals surface area (Å²) in [5, 5.41) is 3.45. The number of esters is 1. The van der Waals surface area contributed by atoms with Gasteiger partial charge in [-0.3, -0.25) is 9.69 Å². The third-order valence-corrected chi connectivity index (χ3v) is 5.35. The molecule has 0 aromatic rings. The van der Waals surface area contributed by atoms with Crippen molar-refractivity contribution >= 4 is 5.97 Å². The molecule has 2 fully saturated rings. The van der Waals surface area contributed by atoms with Crippen molar-refractivity contribution in [2.24, 2.45) is 5.92 Å². The monoisotopic (exact) mass is 296 g/mol. The van der Waals surface area contributed by atoms with Crippen molar-refractivity contribution < 1.29 is 9.53 Å². The molecule has 21 heavy (non-hydrogen) atoms. The molecule has 0 amide bonds. The molecule has 122 valence electrons. The highest BCUT2D eigenvalue weighted by atomic mass is 16.5. The van der Waals surface area contributed by atoms with Gasteiger partial charge in [-0.15, -0.1) is 0 Å². The van der Waals surface area contributed by atoms with Crippen molar-refractivity contribution in [3.05, 3.63) is 0 Å². The standard InChI is InChI=1S/C17H32N2O2/c1-3-15-7-5-9-17(10-8-15,16(20)21-4-2)19-13-6-11-18-12-14-19/h15,18H,3-14H2,1-2H3. The van der Waals surface area contributed by atoms with Crippen LogP contribution >= 0.6 is 0 Å². The molecule has 0 bridgehead atoms. The third-order valence-electron chi connectivity index (χ3n) is 5.35. The van der Waals surface area contributed by atoms with Crippen LogP contribution in [0.2, 0.25) is 0 Å². The number of rotatable bonds is 4. The van der Waals surface area contributed by atoms with E-state index in [0.29, 0.717) is 6.61 Å². The number of hydrogen-bond donors (Lipinski definition) is 1. The fraction of sp³-hybridized carbons (Fsp3) is 0.941. The second kappa shape index (κ2) is 8.14. The Morgan fingerprint density at radius 3 is 2.81 bits per heavy atom. The van der Waals surface area contributed by atoms with Crippen LogP contribution in [-0.2, 0) is 9.53 Å². The van der Waals surface area contributed by atoms with Crippen LogP contribution in [0.25, 0.3) is 0 Å². The lowest BCUT2D eigenvalue weighted by molar-refractivity contribution is -0.159. The van der Waals surface area contributed by atoms with Crippen LogP contribution in [0.4, 0.5) is 0 Å². The lowest BCUT2D eigenvalue weighted by Gasteiger charge is -2.41. The second-order valence-electron chi connectivity index (χ2n) is 6.55. The van der Waals surface area contributed by atoms with E-state index in [-0.39, 0.29) is 11.5 Å². The van der Waals surface area contributed by atoms with Crippen LogP contribution in [0.15, 0.2) is 0 Å². The Kier molecular flexibility index (Phi) is 6.49. The fourth-order valence-corrected chi connectivity index (χ4v) is 3.99. The number of carbonyl (C=O) groups excluding carboxylic acids is 1. The summed E-state index contributed by atoms with van der Waals surface area (Å²) in [6, 6.07) is 0. The summed E-state index contributed by atoms with van der Waals surface area (Å²) in [6.45, 7) is 8.71. The zero-order chi connectivity index (χ0) is 15.1. The molecule has 2 atom stereocenters. The largest absolute Gasteiger partial charge is 0.465 e. The molecule has 1 saturated carbocycles. The Hall–Kier alpha value is -0.610. The van der Waals surface area contributed by atoms with Gasteiger partial charge in [-0.05, 0) is 45.1 Å². The Balaban J connectivity index is 2.18. The summed E-state index contributed by atoms with van der Waals surface area (Å²) in [4.78, 5) is 15.2. The molecule has 2 unspecified atom stereocenters. The smallest absolute Gasteiger partial charge is 0.326 e. The van der Waals surface area contributed by atoms with Crippen molar-refractivity contribution in [2.75, 3.05) is 32.8 Å². The minimum atomic E-state index is -0.355. The molecule has 0 aromatic carbocycles. The van der Waals surface area contributed by atoms with E-state index >= 15 is 0 Å². The van der Waals surface area contributed by atoms with E-state index in [4.69, 9.17) is 4.74 Å². The molecule has 2 aliphatic rings. The van der Waals surface area contributed by atoms with Gasteiger partial charge in [0.1, 0.15) is 5.54 Å². The Morgan fingerprint density at radius 1 is 1.19 bits per heavy atom. The molecular formula is C17H32N2O2. The van der Waals surface area contributed by atoms with Gasteiger partial charge in [-0.2, -0.15) is 0 Å². The number of ether oxygens (including phenoxy) is 1. The SMILES string of the molecule is CCOC(=O)C1(N2CCCNCC2)CCCC(CC)CC1. The molecule has 2 rings (SSSR count). The summed E-state index contributed by atoms with van der Waals surface area (Å²) in [6.07, 6.45) is 7.90. The van der Waals surface area contributed by atoms with Gasteiger partial charge in [0, 0.05) is 19.6 Å². The molecule has 0 aromatic heterocycles. The first-order valence-electron chi connectivity index (χ1n) is 8.86. The summed E-state index contributed by atoms with van der Waals surface area (Å²) in [5.41, 5.74) is -0.355. The molecule has 4 heteroatoms. The summed E-state index contributed by atoms with van der Waals surface area (Å²) >= 11 is 0. The van der Waals surface area contributed by atoms with Gasteiger partial charge < -0.3 is 10.1 Å². The maximum absolute atomic E-state index is 12.8. The normalized spacial score (nSPS) is 32.2. The highest BCUT2D eigenvalue weighted by Crippen LogP contribution is 2.37. The van der Waals surface area contributed by atoms with Gasteiger partial charge in [0.25, 0.3) is 0 Å². The van der Waals surface area contributed by atoms with Crippen molar-refractivity contribution in [3.8, 4) is 0 Å². The van der Waals surface area contributed by atoms with Crippen LogP contribution in [0, 0.1) is 5.92 Å². The van der Waals surface area contributed by atoms with E-state index in [1.807, 2.05) is 6.92 Å². The van der Waals surface area contributed by atoms with Crippen LogP contribution < -0.4 is 5.32 Å². The lowest BCUT2D eigenvalue weighted by Crippen LogP contribution is -2.56. The van der Waals surface area contributed by atoms with Crippen LogP contribution in [0.3, 0.4) is 0 Å². The predicted molar refractivity (Wildman–Crippen MR) is 85.3 cm³/mol. The molecular weight excluding hydrogens is 264 g/mol. The van der Waals surface area contributed by atoms with Gasteiger partial charge in [0.05, 0.1) is 6.61 Å². The summed E-state index contributed by atoms with van der Waals surface area (Å²) in [7, 11) is 0. The van der Waals surface area contributed by atoms with Crippen molar-refractivity contribution in [3.63, 3.8) is 0 Å². The number of carbonyl (C=O) groups is 1. The first kappa shape index (κ1) is 16.8. The maximum atomic E-state index is 12.8. The fourth-order valence-electron chi connectivity index (χ4n) is 3.99. The van der Waals surface area contributed by atoms with E-state index in [0.717, 1.165) is 57.8 Å². The van der Waals surface area contributed by atoms with Crippen molar-refractivity contribution in [1.82, 2.24) is 10.2 Å². The second-order valence-corrected chi connectivity index (χ2v) is 6.55. The molecule has 0 radical (unpaired) electrons. The van der Waals surface area contributed by atoms with Crippen LogP contribution in [-0.4, -0.2) is 49.2 Å². The highest BCUT2D eigenvalue weighted by molar-refractivity contribution is 5.81. The number of hydrogen-bond acceptors (Lipinski definition) is 4. The van der Waals surface area contributed by atoms with E-state index < -0.39 is 0 Å². The van der Waals surface area contributed by atoms with E-state index in [2.05, 4.69) is 17.1 Å². The highest BCUT2D eigenvalue weighted by Gasteiger charge is 2.45. The maximum Gasteiger partial charge on any atom is 0.326 e. The lowest BCUT2D eigenvalue weighted by atomic mass is 9.87. The zero-order valence-corrected chi connectivity index (χ0v) is 13.8. The first-order chi connectivity index (χ1) is 10.2. The van der Waals surface area contributed by atoms with Gasteiger partial charge in [-0.1, -0.05) is 26.2 Å². The zero-order valence-electron chi connectivity index (χ0n) is 13.8. The van der Waals surface area contributed by atoms with Crippen molar-refractivity contribution in [1.29, 1.82) is 0 Å². The van der Waals surface area contributed by atoms with Gasteiger partial charge in [0.2, 0.25) is 0 Å². The predicted octanol–water partition coefficient (Wildman–Crippen LogP) is 2.57. The molecule has 1 heterocycles. The Morgan fingerprint density at radius 2 is 2.05 bits per heavy atom. The molecule has 0 spiro atoms. The van der Waals surface area contributed by atoms with Gasteiger partial charge in [-0.25, -0.2) is 0 Å². The van der Waals surface area contributed by atoms with Gasteiger partial charge >= 0.3 is 5.97 Å². The van der Waals surface area contributed by atoms with E-state index in [9.17, 15) is 4.79 Å². The number of nitrogens with one attached hydrogen (secondary N) is 1.